The van der Waals surface area contributed by atoms with Gasteiger partial charge in [-0.25, -0.2) is 0 Å². The molecule has 0 saturated heterocycles. The summed E-state index contributed by atoms with van der Waals surface area (Å²) in [6.07, 6.45) is 1.16. The molecule has 76 valence electrons. The Balaban J connectivity index is 2.36. The lowest BCUT2D eigenvalue weighted by molar-refractivity contribution is 0.515. The molecule has 1 unspecified atom stereocenters. The topological polar surface area (TPSA) is 24.1 Å². The van der Waals surface area contributed by atoms with Crippen molar-refractivity contribution in [2.75, 3.05) is 18.4 Å². The lowest BCUT2D eigenvalue weighted by Crippen LogP contribution is -2.28. The zero-order valence-electron chi connectivity index (χ0n) is 8.31. The van der Waals surface area contributed by atoms with E-state index in [0.29, 0.717) is 6.04 Å². The second-order valence-corrected chi connectivity index (χ2v) is 4.38. The van der Waals surface area contributed by atoms with Gasteiger partial charge in [-0.2, -0.15) is 0 Å². The molecule has 0 spiro atoms. The van der Waals surface area contributed by atoms with E-state index in [4.69, 9.17) is 0 Å². The Hall–Kier alpha value is -0.540. The highest BCUT2D eigenvalue weighted by atomic mass is 79.9. The fourth-order valence-corrected chi connectivity index (χ4v) is 2.63. The predicted octanol–water partition coefficient (Wildman–Crippen LogP) is 2.92. The van der Waals surface area contributed by atoms with Crippen LogP contribution in [0.15, 0.2) is 22.7 Å². The Morgan fingerprint density at radius 1 is 1.57 bits per heavy atom. The first-order valence-corrected chi connectivity index (χ1v) is 5.88. The Morgan fingerprint density at radius 3 is 3.21 bits per heavy atom. The van der Waals surface area contributed by atoms with Crippen LogP contribution in [0.5, 0.6) is 0 Å². The molecule has 0 aromatic heterocycles. The zero-order chi connectivity index (χ0) is 9.97. The number of hydrogen-bond acceptors (Lipinski definition) is 2. The van der Waals surface area contributed by atoms with Crippen molar-refractivity contribution in [1.29, 1.82) is 0 Å². The summed E-state index contributed by atoms with van der Waals surface area (Å²) in [5.74, 6) is 0. The minimum atomic E-state index is 0.492. The number of anilines is 1. The van der Waals surface area contributed by atoms with Gasteiger partial charge in [0.25, 0.3) is 0 Å². The first kappa shape index (κ1) is 9.99. The predicted molar refractivity (Wildman–Crippen MR) is 63.7 cm³/mol. The Morgan fingerprint density at radius 2 is 2.43 bits per heavy atom. The third-order valence-corrected chi connectivity index (χ3v) is 3.29. The van der Waals surface area contributed by atoms with Gasteiger partial charge in [0.1, 0.15) is 0 Å². The highest BCUT2D eigenvalue weighted by Gasteiger charge is 2.20. The van der Waals surface area contributed by atoms with Gasteiger partial charge in [-0.1, -0.05) is 28.9 Å². The van der Waals surface area contributed by atoms with Crippen LogP contribution >= 0.6 is 15.9 Å². The lowest BCUT2D eigenvalue weighted by Gasteiger charge is -2.28. The van der Waals surface area contributed by atoms with Gasteiger partial charge in [0, 0.05) is 28.3 Å². The van der Waals surface area contributed by atoms with Crippen molar-refractivity contribution in [3.05, 3.63) is 28.2 Å². The van der Waals surface area contributed by atoms with Crippen LogP contribution in [0.2, 0.25) is 0 Å². The molecular weight excluding hydrogens is 240 g/mol. The molecule has 1 aromatic carbocycles. The molecule has 3 heteroatoms. The molecule has 0 saturated carbocycles. The fourth-order valence-electron chi connectivity index (χ4n) is 1.99. The Bertz CT molecular complexity index is 325. The third-order valence-electron chi connectivity index (χ3n) is 2.60. The third kappa shape index (κ3) is 1.79. The van der Waals surface area contributed by atoms with Crippen LogP contribution < -0.4 is 10.6 Å². The van der Waals surface area contributed by atoms with Crippen molar-refractivity contribution < 1.29 is 0 Å². The van der Waals surface area contributed by atoms with E-state index in [-0.39, 0.29) is 0 Å². The van der Waals surface area contributed by atoms with Crippen molar-refractivity contribution in [1.82, 2.24) is 5.32 Å². The average molecular weight is 255 g/mol. The molecule has 0 bridgehead atoms. The molecule has 1 atom stereocenters. The van der Waals surface area contributed by atoms with Crippen LogP contribution in [-0.4, -0.2) is 13.1 Å². The molecule has 0 fully saturated rings. The van der Waals surface area contributed by atoms with E-state index < -0.39 is 0 Å². The second-order valence-electron chi connectivity index (χ2n) is 3.53. The van der Waals surface area contributed by atoms with E-state index in [0.717, 1.165) is 19.5 Å². The summed E-state index contributed by atoms with van der Waals surface area (Å²) in [5, 5.41) is 6.93. The molecule has 2 nitrogen and oxygen atoms in total. The lowest BCUT2D eigenvalue weighted by atomic mass is 9.98. The summed E-state index contributed by atoms with van der Waals surface area (Å²) < 4.78 is 1.20. The molecule has 14 heavy (non-hydrogen) atoms. The molecule has 0 radical (unpaired) electrons. The van der Waals surface area contributed by atoms with Crippen LogP contribution in [0, 0.1) is 0 Å². The van der Waals surface area contributed by atoms with Crippen molar-refractivity contribution in [3.8, 4) is 0 Å². The van der Waals surface area contributed by atoms with Gasteiger partial charge < -0.3 is 10.6 Å². The molecule has 1 aromatic rings. The number of hydrogen-bond donors (Lipinski definition) is 2. The molecule has 1 aliphatic rings. The number of fused-ring (bicyclic) bond motifs is 1. The van der Waals surface area contributed by atoms with Crippen molar-refractivity contribution in [2.45, 2.75) is 19.4 Å². The molecule has 1 aliphatic heterocycles. The van der Waals surface area contributed by atoms with Gasteiger partial charge in [0.05, 0.1) is 0 Å². The molecule has 2 N–H and O–H groups in total. The molecule has 1 heterocycles. The zero-order valence-corrected chi connectivity index (χ0v) is 9.89. The number of rotatable bonds is 2. The van der Waals surface area contributed by atoms with E-state index in [2.05, 4.69) is 51.7 Å². The van der Waals surface area contributed by atoms with Gasteiger partial charge in [0.2, 0.25) is 0 Å². The highest BCUT2D eigenvalue weighted by molar-refractivity contribution is 9.10. The minimum absolute atomic E-state index is 0.492. The summed E-state index contributed by atoms with van der Waals surface area (Å²) in [7, 11) is 0. The highest BCUT2D eigenvalue weighted by Crippen LogP contribution is 2.35. The van der Waals surface area contributed by atoms with Crippen LogP contribution in [0.25, 0.3) is 0 Å². The van der Waals surface area contributed by atoms with Crippen LogP contribution in [-0.2, 0) is 0 Å². The van der Waals surface area contributed by atoms with Gasteiger partial charge in [0.15, 0.2) is 0 Å². The summed E-state index contributed by atoms with van der Waals surface area (Å²) in [4.78, 5) is 0. The molecule has 0 amide bonds. The summed E-state index contributed by atoms with van der Waals surface area (Å²) in [5.41, 5.74) is 2.64. The number of benzene rings is 1. The maximum atomic E-state index is 3.61. The van der Waals surface area contributed by atoms with Crippen LogP contribution in [0.3, 0.4) is 0 Å². The van der Waals surface area contributed by atoms with Gasteiger partial charge in [-0.3, -0.25) is 0 Å². The van der Waals surface area contributed by atoms with Crippen molar-refractivity contribution in [2.24, 2.45) is 0 Å². The van der Waals surface area contributed by atoms with Crippen molar-refractivity contribution in [3.63, 3.8) is 0 Å². The molecule has 2 rings (SSSR count). The normalized spacial score (nSPS) is 20.0. The average Bonchev–Trinajstić information content (AvgIpc) is 2.19. The van der Waals surface area contributed by atoms with Gasteiger partial charge in [-0.15, -0.1) is 0 Å². The summed E-state index contributed by atoms with van der Waals surface area (Å²) >= 11 is 3.61. The van der Waals surface area contributed by atoms with Crippen molar-refractivity contribution >= 4 is 21.6 Å². The standard InChI is InChI=1S/C11H15BrN2/c1-2-13-10-6-7-14-9-5-3-4-8(12)11(9)10/h3-5,10,13-14H,2,6-7H2,1H3. The minimum Gasteiger partial charge on any atom is -0.385 e. The maximum Gasteiger partial charge on any atom is 0.0400 e. The van der Waals surface area contributed by atoms with Gasteiger partial charge in [-0.05, 0) is 25.1 Å². The molecule has 0 aliphatic carbocycles. The summed E-state index contributed by atoms with van der Waals surface area (Å²) in [6, 6.07) is 6.82. The first-order valence-electron chi connectivity index (χ1n) is 5.08. The van der Waals surface area contributed by atoms with E-state index in [1.165, 1.54) is 15.7 Å². The fraction of sp³-hybridized carbons (Fsp3) is 0.455. The second kappa shape index (κ2) is 4.32. The van der Waals surface area contributed by atoms with E-state index in [1.54, 1.807) is 0 Å². The quantitative estimate of drug-likeness (QED) is 0.849. The van der Waals surface area contributed by atoms with E-state index in [1.807, 2.05) is 0 Å². The smallest absolute Gasteiger partial charge is 0.0400 e. The molecular formula is C11H15BrN2. The van der Waals surface area contributed by atoms with E-state index in [9.17, 15) is 0 Å². The monoisotopic (exact) mass is 254 g/mol. The van der Waals surface area contributed by atoms with Crippen LogP contribution in [0.4, 0.5) is 5.69 Å². The van der Waals surface area contributed by atoms with E-state index >= 15 is 0 Å². The Labute approximate surface area is 93.2 Å². The SMILES string of the molecule is CCNC1CCNc2cccc(Br)c21. The Kier molecular flexibility index (Phi) is 3.08. The number of nitrogens with one attached hydrogen (secondary N) is 2. The maximum absolute atomic E-state index is 3.61. The summed E-state index contributed by atoms with van der Waals surface area (Å²) in [6.45, 7) is 4.23. The largest absolute Gasteiger partial charge is 0.385 e. The first-order chi connectivity index (χ1) is 6.83. The van der Waals surface area contributed by atoms with Crippen LogP contribution in [0.1, 0.15) is 24.9 Å². The number of halogens is 1. The van der Waals surface area contributed by atoms with Gasteiger partial charge >= 0.3 is 0 Å².